The summed E-state index contributed by atoms with van der Waals surface area (Å²) in [6.07, 6.45) is 0. The van der Waals surface area contributed by atoms with Gasteiger partial charge in [0.1, 0.15) is 6.54 Å². The standard InChI is InChI=1S/C14H18Br2N2O3/c1-17(2)13(19)9-18(4-5-21-3)14(20)10-6-11(15)8-12(16)7-10/h6-8H,4-5,9H2,1-3H3. The molecule has 0 unspecified atom stereocenters. The molecule has 0 bridgehead atoms. The van der Waals surface area contributed by atoms with Gasteiger partial charge in [-0.2, -0.15) is 0 Å². The first-order chi connectivity index (χ1) is 9.85. The highest BCUT2D eigenvalue weighted by Gasteiger charge is 2.20. The fraction of sp³-hybridized carbons (Fsp3) is 0.429. The van der Waals surface area contributed by atoms with Crippen molar-refractivity contribution in [2.24, 2.45) is 0 Å². The minimum atomic E-state index is -0.204. The van der Waals surface area contributed by atoms with E-state index in [-0.39, 0.29) is 18.4 Å². The van der Waals surface area contributed by atoms with Crippen molar-refractivity contribution in [3.63, 3.8) is 0 Å². The van der Waals surface area contributed by atoms with Gasteiger partial charge in [0, 0.05) is 42.3 Å². The Hall–Kier alpha value is -0.920. The Morgan fingerprint density at radius 1 is 1.14 bits per heavy atom. The number of halogens is 2. The van der Waals surface area contributed by atoms with Gasteiger partial charge in [-0.1, -0.05) is 31.9 Å². The molecular formula is C14H18Br2N2O3. The van der Waals surface area contributed by atoms with Crippen molar-refractivity contribution in [1.82, 2.24) is 9.80 Å². The van der Waals surface area contributed by atoms with Gasteiger partial charge < -0.3 is 14.5 Å². The van der Waals surface area contributed by atoms with Gasteiger partial charge in [0.05, 0.1) is 6.61 Å². The molecule has 2 amide bonds. The van der Waals surface area contributed by atoms with E-state index in [2.05, 4.69) is 31.9 Å². The van der Waals surface area contributed by atoms with Crippen molar-refractivity contribution < 1.29 is 14.3 Å². The average Bonchev–Trinajstić information content (AvgIpc) is 2.41. The molecule has 0 N–H and O–H groups in total. The van der Waals surface area contributed by atoms with Gasteiger partial charge >= 0.3 is 0 Å². The van der Waals surface area contributed by atoms with Crippen LogP contribution in [-0.2, 0) is 9.53 Å². The first-order valence-corrected chi connectivity index (χ1v) is 7.88. The molecule has 21 heavy (non-hydrogen) atoms. The number of hydrogen-bond donors (Lipinski definition) is 0. The third-order valence-electron chi connectivity index (χ3n) is 2.79. The van der Waals surface area contributed by atoms with Gasteiger partial charge in [0.25, 0.3) is 5.91 Å². The maximum Gasteiger partial charge on any atom is 0.254 e. The molecule has 0 aliphatic heterocycles. The van der Waals surface area contributed by atoms with Crippen molar-refractivity contribution in [3.05, 3.63) is 32.7 Å². The first-order valence-electron chi connectivity index (χ1n) is 6.29. The van der Waals surface area contributed by atoms with Crippen LogP contribution >= 0.6 is 31.9 Å². The van der Waals surface area contributed by atoms with E-state index in [1.807, 2.05) is 6.07 Å². The molecule has 0 fully saturated rings. The number of carbonyl (C=O) groups excluding carboxylic acids is 2. The number of hydrogen-bond acceptors (Lipinski definition) is 3. The Morgan fingerprint density at radius 2 is 1.71 bits per heavy atom. The second-order valence-electron chi connectivity index (χ2n) is 4.67. The van der Waals surface area contributed by atoms with Crippen LogP contribution < -0.4 is 0 Å². The Morgan fingerprint density at radius 3 is 2.19 bits per heavy atom. The summed E-state index contributed by atoms with van der Waals surface area (Å²) in [7, 11) is 4.89. The van der Waals surface area contributed by atoms with Crippen molar-refractivity contribution >= 4 is 43.7 Å². The Balaban J connectivity index is 2.95. The SMILES string of the molecule is COCCN(CC(=O)N(C)C)C(=O)c1cc(Br)cc(Br)c1. The van der Waals surface area contributed by atoms with Gasteiger partial charge in [0.15, 0.2) is 0 Å². The van der Waals surface area contributed by atoms with E-state index >= 15 is 0 Å². The molecule has 0 aromatic heterocycles. The van der Waals surface area contributed by atoms with Crippen molar-refractivity contribution in [2.75, 3.05) is 40.9 Å². The van der Waals surface area contributed by atoms with Crippen LogP contribution in [0.2, 0.25) is 0 Å². The van der Waals surface area contributed by atoms with Gasteiger partial charge in [-0.3, -0.25) is 9.59 Å². The molecule has 0 spiro atoms. The zero-order valence-corrected chi connectivity index (χ0v) is 15.4. The van der Waals surface area contributed by atoms with Gasteiger partial charge in [0.2, 0.25) is 5.91 Å². The Bertz CT molecular complexity index is 501. The lowest BCUT2D eigenvalue weighted by Crippen LogP contribution is -2.41. The Labute approximate surface area is 141 Å². The summed E-state index contributed by atoms with van der Waals surface area (Å²) in [6.45, 7) is 0.764. The summed E-state index contributed by atoms with van der Waals surface area (Å²) in [5.41, 5.74) is 0.513. The number of rotatable bonds is 6. The fourth-order valence-electron chi connectivity index (χ4n) is 1.62. The number of ether oxygens (including phenoxy) is 1. The second-order valence-corrected chi connectivity index (χ2v) is 6.50. The number of nitrogens with zero attached hydrogens (tertiary/aromatic N) is 2. The third kappa shape index (κ3) is 5.76. The second kappa shape index (κ2) is 8.51. The summed E-state index contributed by atoms with van der Waals surface area (Å²) in [5, 5.41) is 0. The van der Waals surface area contributed by atoms with Crippen molar-refractivity contribution in [2.45, 2.75) is 0 Å². The van der Waals surface area contributed by atoms with Gasteiger partial charge in [-0.05, 0) is 18.2 Å². The quantitative estimate of drug-likeness (QED) is 0.708. The summed E-state index contributed by atoms with van der Waals surface area (Å²) in [6, 6.07) is 5.31. The molecule has 1 aromatic rings. The fourth-order valence-corrected chi connectivity index (χ4v) is 2.91. The molecule has 116 valence electrons. The largest absolute Gasteiger partial charge is 0.383 e. The number of amides is 2. The topological polar surface area (TPSA) is 49.9 Å². The molecule has 0 heterocycles. The minimum absolute atomic E-state index is 0.0271. The minimum Gasteiger partial charge on any atom is -0.383 e. The zero-order chi connectivity index (χ0) is 16.0. The average molecular weight is 422 g/mol. The zero-order valence-electron chi connectivity index (χ0n) is 12.2. The van der Waals surface area contributed by atoms with Gasteiger partial charge in [-0.15, -0.1) is 0 Å². The molecule has 0 saturated carbocycles. The highest BCUT2D eigenvalue weighted by molar-refractivity contribution is 9.11. The van der Waals surface area contributed by atoms with Crippen molar-refractivity contribution in [1.29, 1.82) is 0 Å². The van der Waals surface area contributed by atoms with Crippen LogP contribution in [0.15, 0.2) is 27.1 Å². The van der Waals surface area contributed by atoms with E-state index in [1.165, 1.54) is 9.80 Å². The van der Waals surface area contributed by atoms with E-state index < -0.39 is 0 Å². The van der Waals surface area contributed by atoms with Crippen LogP contribution in [0, 0.1) is 0 Å². The molecular weight excluding hydrogens is 404 g/mol. The predicted molar refractivity (Wildman–Crippen MR) is 88.3 cm³/mol. The Kier molecular flexibility index (Phi) is 7.34. The smallest absolute Gasteiger partial charge is 0.254 e. The molecule has 0 radical (unpaired) electrons. The summed E-state index contributed by atoms with van der Waals surface area (Å²) < 4.78 is 6.60. The monoisotopic (exact) mass is 420 g/mol. The van der Waals surface area contributed by atoms with Crippen LogP contribution in [0.25, 0.3) is 0 Å². The normalized spacial score (nSPS) is 10.3. The number of carbonyl (C=O) groups is 2. The highest BCUT2D eigenvalue weighted by Crippen LogP contribution is 2.21. The van der Waals surface area contributed by atoms with E-state index in [0.29, 0.717) is 18.7 Å². The summed E-state index contributed by atoms with van der Waals surface area (Å²) >= 11 is 6.71. The molecule has 7 heteroatoms. The van der Waals surface area contributed by atoms with Crippen LogP contribution in [0.5, 0.6) is 0 Å². The lowest BCUT2D eigenvalue weighted by atomic mass is 10.2. The van der Waals surface area contributed by atoms with E-state index in [0.717, 1.165) is 8.95 Å². The number of likely N-dealkylation sites (N-methyl/N-ethyl adjacent to an activating group) is 1. The van der Waals surface area contributed by atoms with E-state index in [4.69, 9.17) is 4.74 Å². The molecule has 5 nitrogen and oxygen atoms in total. The third-order valence-corrected chi connectivity index (χ3v) is 3.70. The molecule has 1 aromatic carbocycles. The van der Waals surface area contributed by atoms with E-state index in [1.54, 1.807) is 33.3 Å². The van der Waals surface area contributed by atoms with Crippen LogP contribution in [0.4, 0.5) is 0 Å². The van der Waals surface area contributed by atoms with Crippen LogP contribution in [-0.4, -0.2) is 62.5 Å². The highest BCUT2D eigenvalue weighted by atomic mass is 79.9. The molecule has 0 saturated heterocycles. The van der Waals surface area contributed by atoms with Crippen LogP contribution in [0.3, 0.4) is 0 Å². The number of methoxy groups -OCH3 is 1. The summed E-state index contributed by atoms with van der Waals surface area (Å²) in [4.78, 5) is 27.4. The van der Waals surface area contributed by atoms with Gasteiger partial charge in [-0.25, -0.2) is 0 Å². The summed E-state index contributed by atoms with van der Waals surface area (Å²) in [5.74, 6) is -0.335. The van der Waals surface area contributed by atoms with Crippen LogP contribution in [0.1, 0.15) is 10.4 Å². The molecule has 1 rings (SSSR count). The lowest BCUT2D eigenvalue weighted by molar-refractivity contribution is -0.129. The lowest BCUT2D eigenvalue weighted by Gasteiger charge is -2.23. The number of benzene rings is 1. The van der Waals surface area contributed by atoms with Crippen molar-refractivity contribution in [3.8, 4) is 0 Å². The molecule has 0 aliphatic carbocycles. The maximum absolute atomic E-state index is 12.6. The molecule has 0 aliphatic rings. The maximum atomic E-state index is 12.6. The first kappa shape index (κ1) is 18.1. The van der Waals surface area contributed by atoms with E-state index in [9.17, 15) is 9.59 Å². The predicted octanol–water partition coefficient (Wildman–Crippen LogP) is 2.39. The molecule has 0 atom stereocenters.